The van der Waals surface area contributed by atoms with Gasteiger partial charge in [-0.25, -0.2) is 0 Å². The second-order valence-electron chi connectivity index (χ2n) is 8.22. The maximum absolute atomic E-state index is 12.9. The average molecular weight is 362 g/mol. The Balaban J connectivity index is 1.91. The molecule has 1 aromatic rings. The van der Waals surface area contributed by atoms with Crippen LogP contribution in [0.2, 0.25) is 0 Å². The van der Waals surface area contributed by atoms with E-state index in [9.17, 15) is 4.79 Å². The molecular formula is C21H30O5. The maximum atomic E-state index is 12.9. The lowest BCUT2D eigenvalue weighted by molar-refractivity contribution is -0.236. The highest BCUT2D eigenvalue weighted by Crippen LogP contribution is 2.54. The molecule has 1 saturated heterocycles. The lowest BCUT2D eigenvalue weighted by Gasteiger charge is -2.50. The van der Waals surface area contributed by atoms with Gasteiger partial charge >= 0.3 is 0 Å². The first-order chi connectivity index (χ1) is 12.3. The van der Waals surface area contributed by atoms with Crippen LogP contribution in [0.3, 0.4) is 0 Å². The highest BCUT2D eigenvalue weighted by atomic mass is 16.7. The zero-order valence-electron chi connectivity index (χ0n) is 16.5. The van der Waals surface area contributed by atoms with Crippen molar-refractivity contribution < 1.29 is 23.7 Å². The van der Waals surface area contributed by atoms with E-state index in [1.165, 1.54) is 0 Å². The van der Waals surface area contributed by atoms with Crippen LogP contribution in [-0.4, -0.2) is 39.0 Å². The molecular weight excluding hydrogens is 332 g/mol. The summed E-state index contributed by atoms with van der Waals surface area (Å²) in [4.78, 5) is 12.9. The molecule has 1 aromatic carbocycles. The Hall–Kier alpha value is -1.59. The Morgan fingerprint density at radius 1 is 1.08 bits per heavy atom. The van der Waals surface area contributed by atoms with Gasteiger partial charge in [-0.15, -0.1) is 0 Å². The predicted molar refractivity (Wildman–Crippen MR) is 98.6 cm³/mol. The van der Waals surface area contributed by atoms with Gasteiger partial charge in [0.15, 0.2) is 5.79 Å². The van der Waals surface area contributed by atoms with E-state index in [-0.39, 0.29) is 5.41 Å². The van der Waals surface area contributed by atoms with E-state index in [1.54, 1.807) is 14.2 Å². The quantitative estimate of drug-likeness (QED) is 0.798. The third-order valence-corrected chi connectivity index (χ3v) is 6.36. The summed E-state index contributed by atoms with van der Waals surface area (Å²) < 4.78 is 22.8. The first-order valence-electron chi connectivity index (χ1n) is 9.27. The number of ketones is 1. The molecule has 1 aliphatic carbocycles. The predicted octanol–water partition coefficient (Wildman–Crippen LogP) is 3.77. The van der Waals surface area contributed by atoms with Crippen LogP contribution in [-0.2, 0) is 20.7 Å². The zero-order chi connectivity index (χ0) is 19.0. The van der Waals surface area contributed by atoms with Crippen molar-refractivity contribution in [3.8, 4) is 11.5 Å². The summed E-state index contributed by atoms with van der Waals surface area (Å²) in [5.74, 6) is 1.21. The lowest BCUT2D eigenvalue weighted by atomic mass is 9.58. The second kappa shape index (κ2) is 6.86. The van der Waals surface area contributed by atoms with Crippen molar-refractivity contribution in [1.29, 1.82) is 0 Å². The SMILES string of the molecule is COc1ccc(OC)c(C[C@@]2(C)C[C@@](C)(C3(C)OCCO3)CCC2=O)c1. The van der Waals surface area contributed by atoms with Crippen LogP contribution in [0.15, 0.2) is 18.2 Å². The van der Waals surface area contributed by atoms with Gasteiger partial charge in [-0.2, -0.15) is 0 Å². The normalized spacial score (nSPS) is 31.0. The lowest BCUT2D eigenvalue weighted by Crippen LogP contribution is -2.53. The van der Waals surface area contributed by atoms with Gasteiger partial charge in [0, 0.05) is 17.3 Å². The second-order valence-corrected chi connectivity index (χ2v) is 8.22. The highest BCUT2D eigenvalue weighted by Gasteiger charge is 2.56. The number of benzene rings is 1. The van der Waals surface area contributed by atoms with Crippen LogP contribution < -0.4 is 9.47 Å². The minimum atomic E-state index is -0.632. The standard InChI is InChI=1S/C21H30O5/c1-19(13-15-12-16(23-4)6-7-17(15)24-5)14-20(2,9-8-18(19)22)21(3)25-10-11-26-21/h6-7,12H,8-11,13-14H2,1-5H3/t19-,20-/m0/s1. The molecule has 0 aromatic heterocycles. The molecule has 5 nitrogen and oxygen atoms in total. The number of hydrogen-bond donors (Lipinski definition) is 0. The third-order valence-electron chi connectivity index (χ3n) is 6.36. The Kier molecular flexibility index (Phi) is 5.06. The minimum Gasteiger partial charge on any atom is -0.497 e. The number of rotatable bonds is 5. The summed E-state index contributed by atoms with van der Waals surface area (Å²) in [6.45, 7) is 7.49. The van der Waals surface area contributed by atoms with Crippen molar-refractivity contribution in [3.63, 3.8) is 0 Å². The van der Waals surface area contributed by atoms with Crippen molar-refractivity contribution in [2.45, 2.75) is 52.2 Å². The molecule has 1 heterocycles. The van der Waals surface area contributed by atoms with Gasteiger partial charge in [0.25, 0.3) is 0 Å². The van der Waals surface area contributed by atoms with Gasteiger partial charge in [0.05, 0.1) is 27.4 Å². The maximum Gasteiger partial charge on any atom is 0.171 e. The van der Waals surface area contributed by atoms with Gasteiger partial charge in [-0.3, -0.25) is 4.79 Å². The molecule has 144 valence electrons. The molecule has 0 bridgehead atoms. The van der Waals surface area contributed by atoms with E-state index < -0.39 is 11.2 Å². The van der Waals surface area contributed by atoms with Crippen molar-refractivity contribution in [2.24, 2.45) is 10.8 Å². The van der Waals surface area contributed by atoms with Gasteiger partial charge < -0.3 is 18.9 Å². The van der Waals surface area contributed by atoms with Crippen LogP contribution in [0.4, 0.5) is 0 Å². The summed E-state index contributed by atoms with van der Waals surface area (Å²) in [6.07, 6.45) is 2.66. The number of carbonyl (C=O) groups excluding carboxylic acids is 1. The molecule has 1 aliphatic heterocycles. The van der Waals surface area contributed by atoms with Gasteiger partial charge in [-0.05, 0) is 49.9 Å². The van der Waals surface area contributed by atoms with E-state index in [1.807, 2.05) is 25.1 Å². The summed E-state index contributed by atoms with van der Waals surface area (Å²) >= 11 is 0. The van der Waals surface area contributed by atoms with Crippen LogP contribution in [0.25, 0.3) is 0 Å². The van der Waals surface area contributed by atoms with Crippen molar-refractivity contribution >= 4 is 5.78 Å². The molecule has 0 N–H and O–H groups in total. The van der Waals surface area contributed by atoms with Crippen LogP contribution in [0, 0.1) is 10.8 Å². The summed E-state index contributed by atoms with van der Waals surface area (Å²) in [7, 11) is 3.30. The van der Waals surface area contributed by atoms with Gasteiger partial charge in [-0.1, -0.05) is 13.8 Å². The molecule has 26 heavy (non-hydrogen) atoms. The smallest absolute Gasteiger partial charge is 0.171 e. The van der Waals surface area contributed by atoms with E-state index in [2.05, 4.69) is 13.8 Å². The Morgan fingerprint density at radius 2 is 1.77 bits per heavy atom. The molecule has 2 fully saturated rings. The highest BCUT2D eigenvalue weighted by molar-refractivity contribution is 5.86. The average Bonchev–Trinajstić information content (AvgIpc) is 3.07. The molecule has 0 unspecified atom stereocenters. The summed E-state index contributed by atoms with van der Waals surface area (Å²) in [5.41, 5.74) is 0.286. The molecule has 0 radical (unpaired) electrons. The fraction of sp³-hybridized carbons (Fsp3) is 0.667. The Labute approximate surface area is 156 Å². The van der Waals surface area contributed by atoms with Gasteiger partial charge in [0.2, 0.25) is 0 Å². The fourth-order valence-corrected chi connectivity index (χ4v) is 4.59. The largest absolute Gasteiger partial charge is 0.497 e. The van der Waals surface area contributed by atoms with Crippen molar-refractivity contribution in [3.05, 3.63) is 23.8 Å². The summed E-state index contributed by atoms with van der Waals surface area (Å²) in [6, 6.07) is 5.74. The molecule has 5 heteroatoms. The molecule has 1 saturated carbocycles. The number of Topliss-reactive ketones (excluding diaryl/α,β-unsaturated/α-hetero) is 1. The van der Waals surface area contributed by atoms with E-state index in [4.69, 9.17) is 18.9 Å². The minimum absolute atomic E-state index is 0.210. The molecule has 0 spiro atoms. The van der Waals surface area contributed by atoms with Crippen molar-refractivity contribution in [1.82, 2.24) is 0 Å². The number of methoxy groups -OCH3 is 2. The van der Waals surface area contributed by atoms with Crippen LogP contribution in [0.5, 0.6) is 11.5 Å². The molecule has 3 rings (SSSR count). The number of hydrogen-bond acceptors (Lipinski definition) is 5. The first-order valence-corrected chi connectivity index (χ1v) is 9.27. The van der Waals surface area contributed by atoms with Crippen LogP contribution >= 0.6 is 0 Å². The van der Waals surface area contributed by atoms with E-state index in [0.717, 1.165) is 29.9 Å². The third kappa shape index (κ3) is 3.23. The fourth-order valence-electron chi connectivity index (χ4n) is 4.59. The molecule has 2 aliphatic rings. The number of ether oxygens (including phenoxy) is 4. The molecule has 2 atom stereocenters. The van der Waals surface area contributed by atoms with E-state index in [0.29, 0.717) is 31.8 Å². The monoisotopic (exact) mass is 362 g/mol. The van der Waals surface area contributed by atoms with E-state index >= 15 is 0 Å². The van der Waals surface area contributed by atoms with Crippen molar-refractivity contribution in [2.75, 3.05) is 27.4 Å². The van der Waals surface area contributed by atoms with Gasteiger partial charge in [0.1, 0.15) is 17.3 Å². The topological polar surface area (TPSA) is 54.0 Å². The number of carbonyl (C=O) groups is 1. The zero-order valence-corrected chi connectivity index (χ0v) is 16.5. The first kappa shape index (κ1) is 19.2. The van der Waals surface area contributed by atoms with Crippen LogP contribution in [0.1, 0.15) is 45.6 Å². The Morgan fingerprint density at radius 3 is 2.38 bits per heavy atom. The Bertz CT molecular complexity index is 679. The molecule has 0 amide bonds. The summed E-state index contributed by atoms with van der Waals surface area (Å²) in [5, 5.41) is 0.